The van der Waals surface area contributed by atoms with Crippen molar-refractivity contribution in [2.75, 3.05) is 20.7 Å². The molecular formula is C11H18N2O3. The summed E-state index contributed by atoms with van der Waals surface area (Å²) in [6.45, 7) is 2.26. The summed E-state index contributed by atoms with van der Waals surface area (Å²) in [6.07, 6.45) is 1.35. The number of hydrogen-bond donors (Lipinski definition) is 0. The Balaban J connectivity index is 3.97. The lowest BCUT2D eigenvalue weighted by molar-refractivity contribution is -0.141. The van der Waals surface area contributed by atoms with E-state index in [0.29, 0.717) is 19.4 Å². The molecule has 0 bridgehead atoms. The van der Waals surface area contributed by atoms with E-state index < -0.39 is 5.92 Å². The molecule has 1 amide bonds. The molecule has 0 N–H and O–H groups in total. The minimum Gasteiger partial charge on any atom is -0.469 e. The third-order valence-corrected chi connectivity index (χ3v) is 2.34. The van der Waals surface area contributed by atoms with Crippen LogP contribution in [-0.2, 0) is 14.3 Å². The zero-order valence-electron chi connectivity index (χ0n) is 10.0. The molecule has 0 spiro atoms. The molecule has 0 radical (unpaired) electrons. The van der Waals surface area contributed by atoms with Crippen molar-refractivity contribution in [3.05, 3.63) is 0 Å². The van der Waals surface area contributed by atoms with Crippen LogP contribution in [0.2, 0.25) is 0 Å². The van der Waals surface area contributed by atoms with Gasteiger partial charge in [0.2, 0.25) is 5.91 Å². The molecule has 16 heavy (non-hydrogen) atoms. The highest BCUT2D eigenvalue weighted by atomic mass is 16.5. The number of methoxy groups -OCH3 is 1. The largest absolute Gasteiger partial charge is 0.469 e. The number of nitrogens with zero attached hydrogens (tertiary/aromatic N) is 2. The molecule has 0 aromatic rings. The maximum Gasteiger partial charge on any atom is 0.305 e. The molecule has 0 rings (SSSR count). The molecular weight excluding hydrogens is 208 g/mol. The number of carbonyl (C=O) groups is 2. The highest BCUT2D eigenvalue weighted by Gasteiger charge is 2.19. The fourth-order valence-corrected chi connectivity index (χ4v) is 1.26. The Bertz CT molecular complexity index is 283. The lowest BCUT2D eigenvalue weighted by atomic mass is 10.1. The minimum atomic E-state index is -0.580. The third-order valence-electron chi connectivity index (χ3n) is 2.34. The Morgan fingerprint density at radius 1 is 1.50 bits per heavy atom. The van der Waals surface area contributed by atoms with Gasteiger partial charge in [0.25, 0.3) is 0 Å². The van der Waals surface area contributed by atoms with E-state index in [-0.39, 0.29) is 18.3 Å². The van der Waals surface area contributed by atoms with Gasteiger partial charge in [-0.05, 0) is 12.8 Å². The predicted molar refractivity (Wildman–Crippen MR) is 58.3 cm³/mol. The van der Waals surface area contributed by atoms with Gasteiger partial charge < -0.3 is 9.64 Å². The summed E-state index contributed by atoms with van der Waals surface area (Å²) in [5.74, 6) is -1.05. The quantitative estimate of drug-likeness (QED) is 0.632. The number of carbonyl (C=O) groups excluding carboxylic acids is 2. The Kier molecular flexibility index (Phi) is 6.93. The van der Waals surface area contributed by atoms with Crippen LogP contribution in [0.4, 0.5) is 0 Å². The molecule has 90 valence electrons. The molecule has 0 saturated heterocycles. The van der Waals surface area contributed by atoms with Gasteiger partial charge in [0.05, 0.1) is 13.2 Å². The maximum absolute atomic E-state index is 11.6. The van der Waals surface area contributed by atoms with E-state index in [9.17, 15) is 9.59 Å². The monoisotopic (exact) mass is 226 g/mol. The highest BCUT2D eigenvalue weighted by Crippen LogP contribution is 2.06. The number of nitriles is 1. The van der Waals surface area contributed by atoms with Crippen LogP contribution < -0.4 is 0 Å². The molecule has 0 heterocycles. The Morgan fingerprint density at radius 3 is 2.56 bits per heavy atom. The van der Waals surface area contributed by atoms with Crippen LogP contribution >= 0.6 is 0 Å². The third kappa shape index (κ3) is 4.78. The normalized spacial score (nSPS) is 11.4. The molecule has 5 heteroatoms. The van der Waals surface area contributed by atoms with Crippen molar-refractivity contribution in [2.24, 2.45) is 5.92 Å². The van der Waals surface area contributed by atoms with E-state index >= 15 is 0 Å². The molecule has 5 nitrogen and oxygen atoms in total. The van der Waals surface area contributed by atoms with Crippen LogP contribution in [0.1, 0.15) is 26.2 Å². The van der Waals surface area contributed by atoms with Gasteiger partial charge >= 0.3 is 5.97 Å². The average Bonchev–Trinajstić information content (AvgIpc) is 2.29. The van der Waals surface area contributed by atoms with Crippen LogP contribution in [0, 0.1) is 17.2 Å². The van der Waals surface area contributed by atoms with Gasteiger partial charge in [0.15, 0.2) is 0 Å². The molecule has 0 aromatic heterocycles. The van der Waals surface area contributed by atoms with E-state index in [1.165, 1.54) is 12.0 Å². The molecule has 0 aliphatic carbocycles. The summed E-state index contributed by atoms with van der Waals surface area (Å²) in [5, 5.41) is 8.73. The van der Waals surface area contributed by atoms with Gasteiger partial charge in [-0.15, -0.1) is 0 Å². The fraction of sp³-hybridized carbons (Fsp3) is 0.727. The van der Waals surface area contributed by atoms with Gasteiger partial charge in [-0.2, -0.15) is 5.26 Å². The number of esters is 1. The summed E-state index contributed by atoms with van der Waals surface area (Å²) in [5.41, 5.74) is 0. The van der Waals surface area contributed by atoms with E-state index in [0.717, 1.165) is 0 Å². The first kappa shape index (κ1) is 14.4. The van der Waals surface area contributed by atoms with Crippen LogP contribution in [0.25, 0.3) is 0 Å². The van der Waals surface area contributed by atoms with Gasteiger partial charge in [0, 0.05) is 20.0 Å². The summed E-state index contributed by atoms with van der Waals surface area (Å²) in [7, 11) is 2.97. The Morgan fingerprint density at radius 2 is 2.12 bits per heavy atom. The lowest BCUT2D eigenvalue weighted by Crippen LogP contribution is -2.33. The van der Waals surface area contributed by atoms with Gasteiger partial charge in [-0.1, -0.05) is 6.92 Å². The number of amides is 1. The number of rotatable bonds is 6. The first-order chi connectivity index (χ1) is 7.56. The topological polar surface area (TPSA) is 70.4 Å². The number of hydrogen-bond acceptors (Lipinski definition) is 4. The fourth-order valence-electron chi connectivity index (χ4n) is 1.26. The van der Waals surface area contributed by atoms with E-state index in [4.69, 9.17) is 5.26 Å². The van der Waals surface area contributed by atoms with Crippen molar-refractivity contribution in [3.63, 3.8) is 0 Å². The van der Waals surface area contributed by atoms with Gasteiger partial charge in [-0.3, -0.25) is 9.59 Å². The summed E-state index contributed by atoms with van der Waals surface area (Å²) in [4.78, 5) is 24.0. The molecule has 0 fully saturated rings. The van der Waals surface area contributed by atoms with Crippen LogP contribution in [0.3, 0.4) is 0 Å². The van der Waals surface area contributed by atoms with E-state index in [1.807, 2.05) is 6.07 Å². The van der Waals surface area contributed by atoms with Crippen molar-refractivity contribution in [2.45, 2.75) is 26.2 Å². The highest BCUT2D eigenvalue weighted by molar-refractivity contribution is 5.80. The van der Waals surface area contributed by atoms with E-state index in [2.05, 4.69) is 4.74 Å². The Hall–Kier alpha value is -1.57. The molecule has 0 aliphatic heterocycles. The van der Waals surface area contributed by atoms with Crippen molar-refractivity contribution in [1.82, 2.24) is 4.90 Å². The average molecular weight is 226 g/mol. The second kappa shape index (κ2) is 7.69. The van der Waals surface area contributed by atoms with Crippen molar-refractivity contribution in [1.29, 1.82) is 5.26 Å². The first-order valence-electron chi connectivity index (χ1n) is 5.28. The molecule has 0 aliphatic rings. The minimum absolute atomic E-state index is 0.185. The van der Waals surface area contributed by atoms with E-state index in [1.54, 1.807) is 14.0 Å². The molecule has 0 aromatic carbocycles. The number of ether oxygens (including phenoxy) is 1. The van der Waals surface area contributed by atoms with Crippen molar-refractivity contribution >= 4 is 11.9 Å². The maximum atomic E-state index is 11.6. The first-order valence-corrected chi connectivity index (χ1v) is 5.28. The molecule has 1 unspecified atom stereocenters. The summed E-state index contributed by atoms with van der Waals surface area (Å²) >= 11 is 0. The second-order valence-corrected chi connectivity index (χ2v) is 3.53. The zero-order chi connectivity index (χ0) is 12.6. The smallest absolute Gasteiger partial charge is 0.305 e. The van der Waals surface area contributed by atoms with Gasteiger partial charge in [-0.25, -0.2) is 0 Å². The standard InChI is InChI=1S/C11H18N2O3/c1-4-9(8-12)11(15)13(2)7-5-6-10(14)16-3/h9H,4-7H2,1-3H3. The summed E-state index contributed by atoms with van der Waals surface area (Å²) in [6, 6.07) is 1.96. The molecule has 1 atom stereocenters. The van der Waals surface area contributed by atoms with Crippen LogP contribution in [-0.4, -0.2) is 37.5 Å². The zero-order valence-corrected chi connectivity index (χ0v) is 10.0. The Labute approximate surface area is 96.0 Å². The van der Waals surface area contributed by atoms with Gasteiger partial charge in [0.1, 0.15) is 5.92 Å². The summed E-state index contributed by atoms with van der Waals surface area (Å²) < 4.78 is 4.49. The lowest BCUT2D eigenvalue weighted by Gasteiger charge is -2.18. The van der Waals surface area contributed by atoms with Crippen LogP contribution in [0.15, 0.2) is 0 Å². The predicted octanol–water partition coefficient (Wildman–Crippen LogP) is 0.948. The second-order valence-electron chi connectivity index (χ2n) is 3.53. The van der Waals surface area contributed by atoms with Crippen LogP contribution in [0.5, 0.6) is 0 Å². The SMILES string of the molecule is CCC(C#N)C(=O)N(C)CCCC(=O)OC. The van der Waals surface area contributed by atoms with Crippen molar-refractivity contribution in [3.8, 4) is 6.07 Å². The van der Waals surface area contributed by atoms with Crippen molar-refractivity contribution < 1.29 is 14.3 Å². The molecule has 0 saturated carbocycles.